The standard InChI is InChI=1S/C32H34N4O3S.C4H10O/c1-19-5-7-21(8-6-19)29-24(17-28(37)38)20(2)15-26-31(29)40-32(33-26)22-9-10-27-25(16-22)30(34-35(27)3)23-11-12-36(18-23)13-14-39-4;1-4(2,3)5/h5-10,15-16,23H,11-14,17-18H2,1-4H3,(H,37,38);5H,1-3H3. The highest BCUT2D eigenvalue weighted by Gasteiger charge is 2.28. The van der Waals surface area contributed by atoms with Crippen molar-refractivity contribution in [3.8, 4) is 21.7 Å². The topological polar surface area (TPSA) is 101 Å². The molecule has 1 atom stereocenters. The Balaban J connectivity index is 0.000000743. The van der Waals surface area contributed by atoms with E-state index in [4.69, 9.17) is 19.9 Å². The monoisotopic (exact) mass is 628 g/mol. The van der Waals surface area contributed by atoms with Gasteiger partial charge in [0.05, 0.1) is 40.1 Å². The Bertz CT molecular complexity index is 1810. The summed E-state index contributed by atoms with van der Waals surface area (Å²) in [4.78, 5) is 19.4. The summed E-state index contributed by atoms with van der Waals surface area (Å²) in [5, 5.41) is 25.3. The van der Waals surface area contributed by atoms with E-state index >= 15 is 0 Å². The predicted octanol–water partition coefficient (Wildman–Crippen LogP) is 6.97. The Kier molecular flexibility index (Phi) is 9.74. The molecule has 6 rings (SSSR count). The van der Waals surface area contributed by atoms with Crippen LogP contribution in [0.5, 0.6) is 0 Å². The number of thiazole rings is 1. The number of aromatic nitrogens is 3. The predicted molar refractivity (Wildman–Crippen MR) is 183 cm³/mol. The van der Waals surface area contributed by atoms with Crippen molar-refractivity contribution < 1.29 is 19.7 Å². The molecule has 3 heterocycles. The van der Waals surface area contributed by atoms with Crippen molar-refractivity contribution in [1.29, 1.82) is 0 Å². The summed E-state index contributed by atoms with van der Waals surface area (Å²) in [6.45, 7) is 13.0. The van der Waals surface area contributed by atoms with Crippen molar-refractivity contribution in [2.45, 2.75) is 59.0 Å². The van der Waals surface area contributed by atoms with Gasteiger partial charge in [0.2, 0.25) is 0 Å². The van der Waals surface area contributed by atoms with Gasteiger partial charge in [-0.1, -0.05) is 29.8 Å². The molecule has 0 bridgehead atoms. The summed E-state index contributed by atoms with van der Waals surface area (Å²) < 4.78 is 8.30. The van der Waals surface area contributed by atoms with Crippen LogP contribution in [0, 0.1) is 13.8 Å². The smallest absolute Gasteiger partial charge is 0.307 e. The lowest BCUT2D eigenvalue weighted by atomic mass is 9.93. The number of methoxy groups -OCH3 is 1. The van der Waals surface area contributed by atoms with Gasteiger partial charge in [-0.3, -0.25) is 9.48 Å². The van der Waals surface area contributed by atoms with Gasteiger partial charge >= 0.3 is 5.97 Å². The lowest BCUT2D eigenvalue weighted by Gasteiger charge is -2.14. The van der Waals surface area contributed by atoms with E-state index in [1.54, 1.807) is 39.2 Å². The second kappa shape index (κ2) is 13.4. The van der Waals surface area contributed by atoms with Gasteiger partial charge in [0.25, 0.3) is 0 Å². The fourth-order valence-electron chi connectivity index (χ4n) is 5.97. The van der Waals surface area contributed by atoms with E-state index < -0.39 is 11.6 Å². The molecule has 2 aromatic heterocycles. The number of likely N-dealkylation sites (tertiary alicyclic amines) is 1. The molecule has 238 valence electrons. The fraction of sp³-hybridized carbons (Fsp3) is 0.417. The van der Waals surface area contributed by atoms with Crippen molar-refractivity contribution in [1.82, 2.24) is 19.7 Å². The average Bonchev–Trinajstić information content (AvgIpc) is 3.69. The quantitative estimate of drug-likeness (QED) is 0.191. The van der Waals surface area contributed by atoms with Crippen LogP contribution in [-0.2, 0) is 23.0 Å². The van der Waals surface area contributed by atoms with Gasteiger partial charge in [0.1, 0.15) is 5.01 Å². The third-order valence-corrected chi connectivity index (χ3v) is 9.21. The summed E-state index contributed by atoms with van der Waals surface area (Å²) in [6, 6.07) is 16.9. The SMILES string of the molecule is CC(C)(C)O.COCCN1CCC(c2nn(C)c3ccc(-c4nc5cc(C)c(CC(=O)O)c(-c6ccc(C)cc6)c5s4)cc23)C1. The Labute approximate surface area is 269 Å². The first kappa shape index (κ1) is 32.8. The molecule has 3 aromatic carbocycles. The molecule has 0 aliphatic carbocycles. The van der Waals surface area contributed by atoms with E-state index in [1.165, 1.54) is 10.9 Å². The number of rotatable bonds is 8. The van der Waals surface area contributed by atoms with E-state index in [0.717, 1.165) is 86.9 Å². The normalized spacial score (nSPS) is 15.5. The fourth-order valence-corrected chi connectivity index (χ4v) is 7.10. The number of aliphatic carboxylic acids is 1. The molecular formula is C36H44N4O4S. The first-order chi connectivity index (χ1) is 21.3. The van der Waals surface area contributed by atoms with E-state index in [2.05, 4.69) is 54.3 Å². The number of carbonyl (C=O) groups is 1. The molecule has 5 aromatic rings. The maximum absolute atomic E-state index is 11.8. The van der Waals surface area contributed by atoms with Crippen LogP contribution in [0.15, 0.2) is 48.5 Å². The number of hydrogen-bond donors (Lipinski definition) is 2. The van der Waals surface area contributed by atoms with Crippen molar-refractivity contribution in [2.75, 3.05) is 33.4 Å². The lowest BCUT2D eigenvalue weighted by Crippen LogP contribution is -2.24. The highest BCUT2D eigenvalue weighted by atomic mass is 32.1. The molecule has 0 amide bonds. The minimum Gasteiger partial charge on any atom is -0.481 e. The zero-order valence-electron chi connectivity index (χ0n) is 27.3. The molecule has 1 unspecified atom stereocenters. The van der Waals surface area contributed by atoms with Crippen molar-refractivity contribution >= 4 is 38.4 Å². The van der Waals surface area contributed by atoms with Crippen molar-refractivity contribution in [3.63, 3.8) is 0 Å². The number of hydrogen-bond acceptors (Lipinski definition) is 7. The van der Waals surface area contributed by atoms with Crippen LogP contribution in [0.3, 0.4) is 0 Å². The van der Waals surface area contributed by atoms with Gasteiger partial charge in [0, 0.05) is 49.7 Å². The number of benzene rings is 3. The second-order valence-corrected chi connectivity index (χ2v) is 14.0. The van der Waals surface area contributed by atoms with Crippen LogP contribution in [0.2, 0.25) is 0 Å². The summed E-state index contributed by atoms with van der Waals surface area (Å²) in [5.74, 6) is -0.441. The number of carboxylic acids is 1. The summed E-state index contributed by atoms with van der Waals surface area (Å²) in [6.07, 6.45) is 1.07. The molecule has 8 nitrogen and oxygen atoms in total. The Morgan fingerprint density at radius 3 is 2.44 bits per heavy atom. The van der Waals surface area contributed by atoms with Gasteiger partial charge in [-0.05, 0) is 88.5 Å². The molecule has 9 heteroatoms. The maximum Gasteiger partial charge on any atom is 0.307 e. The van der Waals surface area contributed by atoms with E-state index in [0.29, 0.717) is 5.92 Å². The number of aliphatic hydroxyl groups is 1. The van der Waals surface area contributed by atoms with Crippen LogP contribution < -0.4 is 0 Å². The average molecular weight is 629 g/mol. The van der Waals surface area contributed by atoms with Crippen LogP contribution in [0.1, 0.15) is 55.5 Å². The third-order valence-electron chi connectivity index (χ3n) is 8.08. The van der Waals surface area contributed by atoms with E-state index in [1.807, 2.05) is 24.7 Å². The Morgan fingerprint density at radius 2 is 1.78 bits per heavy atom. The van der Waals surface area contributed by atoms with E-state index in [-0.39, 0.29) is 6.42 Å². The summed E-state index contributed by atoms with van der Waals surface area (Å²) in [7, 11) is 3.77. The van der Waals surface area contributed by atoms with Crippen LogP contribution in [0.25, 0.3) is 42.8 Å². The molecule has 0 saturated carbocycles. The molecular weight excluding hydrogens is 584 g/mol. The molecule has 1 fully saturated rings. The van der Waals surface area contributed by atoms with Gasteiger partial charge in [-0.2, -0.15) is 5.10 Å². The van der Waals surface area contributed by atoms with Gasteiger partial charge in [-0.25, -0.2) is 4.98 Å². The molecule has 1 saturated heterocycles. The molecule has 1 aliphatic heterocycles. The molecule has 0 radical (unpaired) electrons. The number of carboxylic acid groups (broad SMARTS) is 1. The largest absolute Gasteiger partial charge is 0.481 e. The van der Waals surface area contributed by atoms with Crippen LogP contribution >= 0.6 is 11.3 Å². The lowest BCUT2D eigenvalue weighted by molar-refractivity contribution is -0.136. The van der Waals surface area contributed by atoms with E-state index in [9.17, 15) is 9.90 Å². The third kappa shape index (κ3) is 7.61. The van der Waals surface area contributed by atoms with Crippen LogP contribution in [0.4, 0.5) is 0 Å². The van der Waals surface area contributed by atoms with Gasteiger partial charge < -0.3 is 19.8 Å². The minimum atomic E-state index is -0.831. The van der Waals surface area contributed by atoms with Gasteiger partial charge in [-0.15, -0.1) is 11.3 Å². The van der Waals surface area contributed by atoms with Crippen molar-refractivity contribution in [2.24, 2.45) is 7.05 Å². The first-order valence-electron chi connectivity index (χ1n) is 15.4. The molecule has 1 aliphatic rings. The number of ether oxygens (including phenoxy) is 1. The zero-order chi connectivity index (χ0) is 32.5. The molecule has 0 spiro atoms. The Hall–Kier alpha value is -3.63. The zero-order valence-corrected chi connectivity index (χ0v) is 28.2. The summed E-state index contributed by atoms with van der Waals surface area (Å²) >= 11 is 1.64. The van der Waals surface area contributed by atoms with Crippen molar-refractivity contribution in [3.05, 3.63) is 70.9 Å². The highest BCUT2D eigenvalue weighted by Crippen LogP contribution is 2.42. The molecule has 45 heavy (non-hydrogen) atoms. The maximum atomic E-state index is 11.8. The minimum absolute atomic E-state index is 0.0218. The number of nitrogens with zero attached hydrogens (tertiary/aromatic N) is 4. The second-order valence-electron chi connectivity index (χ2n) is 13.0. The Morgan fingerprint density at radius 1 is 1.09 bits per heavy atom. The van der Waals surface area contributed by atoms with Gasteiger partial charge in [0.15, 0.2) is 0 Å². The molecule has 2 N–H and O–H groups in total. The number of aryl methyl sites for hydroxylation is 3. The number of fused-ring (bicyclic) bond motifs is 2. The first-order valence-corrected chi connectivity index (χ1v) is 16.3. The highest BCUT2D eigenvalue weighted by molar-refractivity contribution is 7.22. The van der Waals surface area contributed by atoms with Crippen LogP contribution in [-0.4, -0.2) is 74.8 Å². The summed E-state index contributed by atoms with van der Waals surface area (Å²) in [5.41, 5.74) is 8.71.